The van der Waals surface area contributed by atoms with E-state index in [1.807, 2.05) is 30.3 Å². The van der Waals surface area contributed by atoms with Gasteiger partial charge in [0.1, 0.15) is 18.7 Å². The highest BCUT2D eigenvalue weighted by Crippen LogP contribution is 2.63. The Labute approximate surface area is 194 Å². The van der Waals surface area contributed by atoms with E-state index >= 15 is 0 Å². The summed E-state index contributed by atoms with van der Waals surface area (Å²) < 4.78 is 5.50. The molecule has 33 heavy (non-hydrogen) atoms. The summed E-state index contributed by atoms with van der Waals surface area (Å²) in [5, 5.41) is 23.9. The van der Waals surface area contributed by atoms with Crippen LogP contribution in [0.25, 0.3) is 0 Å². The number of nitrogens with one attached hydrogen (secondary N) is 1. The average Bonchev–Trinajstić information content (AvgIpc) is 3.44. The Balaban J connectivity index is 1.27. The van der Waals surface area contributed by atoms with E-state index in [2.05, 4.69) is 11.4 Å². The van der Waals surface area contributed by atoms with Crippen LogP contribution in [0.1, 0.15) is 56.9 Å². The van der Waals surface area contributed by atoms with Gasteiger partial charge >= 0.3 is 6.09 Å². The Morgan fingerprint density at radius 3 is 2.55 bits per heavy atom. The molecular weight excluding hydrogens is 418 g/mol. The number of piperidine rings is 1. The number of benzene rings is 1. The van der Waals surface area contributed by atoms with E-state index in [9.17, 15) is 20.0 Å². The first-order valence-corrected chi connectivity index (χ1v) is 12.3. The molecule has 2 unspecified atom stereocenters. The lowest BCUT2D eigenvalue weighted by Crippen LogP contribution is -2.66. The smallest absolute Gasteiger partial charge is 0.408 e. The fourth-order valence-corrected chi connectivity index (χ4v) is 8.02. The third-order valence-electron chi connectivity index (χ3n) is 8.92. The summed E-state index contributed by atoms with van der Waals surface area (Å²) in [4.78, 5) is 28.7. The van der Waals surface area contributed by atoms with E-state index in [0.717, 1.165) is 50.5 Å². The van der Waals surface area contributed by atoms with Gasteiger partial charge in [-0.2, -0.15) is 5.26 Å². The second-order valence-electron chi connectivity index (χ2n) is 11.4. The van der Waals surface area contributed by atoms with Gasteiger partial charge in [-0.15, -0.1) is 0 Å². The first kappa shape index (κ1) is 21.0. The first-order chi connectivity index (χ1) is 15.9. The predicted molar refractivity (Wildman–Crippen MR) is 118 cm³/mol. The van der Waals surface area contributed by atoms with E-state index in [0.29, 0.717) is 24.2 Å². The summed E-state index contributed by atoms with van der Waals surface area (Å²) in [6, 6.07) is 10.7. The number of nitrogens with zero attached hydrogens (tertiary/aromatic N) is 2. The number of hydrogen-bond acceptors (Lipinski definition) is 5. The number of ether oxygens (including phenoxy) is 1. The molecule has 1 saturated heterocycles. The van der Waals surface area contributed by atoms with Crippen molar-refractivity contribution in [2.24, 2.45) is 23.2 Å². The minimum absolute atomic E-state index is 0.115. The number of fused-ring (bicyclic) bond motifs is 1. The quantitative estimate of drug-likeness (QED) is 0.719. The fourth-order valence-electron chi connectivity index (χ4n) is 8.02. The first-order valence-electron chi connectivity index (χ1n) is 12.3. The Morgan fingerprint density at radius 2 is 1.88 bits per heavy atom. The molecule has 1 aromatic rings. The Kier molecular flexibility index (Phi) is 4.74. The van der Waals surface area contributed by atoms with Crippen LogP contribution >= 0.6 is 0 Å². The van der Waals surface area contributed by atoms with Crippen LogP contribution in [0.5, 0.6) is 0 Å². The number of rotatable bonds is 5. The molecule has 0 spiro atoms. The maximum Gasteiger partial charge on any atom is 0.408 e. The zero-order chi connectivity index (χ0) is 22.8. The van der Waals surface area contributed by atoms with Crippen LogP contribution in [-0.4, -0.2) is 45.7 Å². The van der Waals surface area contributed by atoms with Gasteiger partial charge in [0.2, 0.25) is 5.91 Å². The van der Waals surface area contributed by atoms with Crippen molar-refractivity contribution in [2.75, 3.05) is 0 Å². The standard InChI is InChI=1S/C26H31N3O4/c27-13-20-7-19-8-21(19)29(20)23(30)22(28-24(31)33-14-16-4-2-1-3-5-16)25-9-17-6-18(10-25)12-26(32,11-17)15-25/h1-5,17-22,32H,6-12,14-15H2,(H,28,31)/t17-,18+,19-,20+,21+,22-,25?,26?/m0/s1. The lowest BCUT2D eigenvalue weighted by Gasteiger charge is -2.62. The molecule has 174 valence electrons. The van der Waals surface area contributed by atoms with Crippen LogP contribution in [0.2, 0.25) is 0 Å². The molecule has 5 saturated carbocycles. The molecule has 2 N–H and O–H groups in total. The highest BCUT2D eigenvalue weighted by Gasteiger charge is 2.64. The van der Waals surface area contributed by atoms with Gasteiger partial charge < -0.3 is 20.1 Å². The third kappa shape index (κ3) is 3.59. The zero-order valence-corrected chi connectivity index (χ0v) is 18.8. The van der Waals surface area contributed by atoms with Gasteiger partial charge in [0.15, 0.2) is 0 Å². The van der Waals surface area contributed by atoms with Gasteiger partial charge in [0, 0.05) is 11.5 Å². The van der Waals surface area contributed by atoms with Crippen molar-refractivity contribution in [3.8, 4) is 6.07 Å². The van der Waals surface area contributed by atoms with Gasteiger partial charge in [-0.1, -0.05) is 30.3 Å². The zero-order valence-electron chi connectivity index (χ0n) is 18.8. The number of likely N-dealkylation sites (tertiary alicyclic amines) is 1. The second-order valence-corrected chi connectivity index (χ2v) is 11.4. The number of carbonyl (C=O) groups excluding carboxylic acids is 2. The summed E-state index contributed by atoms with van der Waals surface area (Å²) in [6.45, 7) is 0.130. The highest BCUT2D eigenvalue weighted by molar-refractivity contribution is 5.88. The number of nitriles is 1. The van der Waals surface area contributed by atoms with Crippen molar-refractivity contribution in [3.63, 3.8) is 0 Å². The molecule has 6 fully saturated rings. The Bertz CT molecular complexity index is 991. The normalized spacial score (nSPS) is 40.6. The molecular formula is C26H31N3O4. The van der Waals surface area contributed by atoms with Crippen molar-refractivity contribution in [1.82, 2.24) is 10.2 Å². The molecule has 7 rings (SSSR count). The summed E-state index contributed by atoms with van der Waals surface area (Å²) in [5.74, 6) is 1.01. The van der Waals surface area contributed by atoms with Gasteiger partial charge in [0.25, 0.3) is 0 Å². The maximum absolute atomic E-state index is 14.0. The summed E-state index contributed by atoms with van der Waals surface area (Å²) in [5.41, 5.74) is -0.348. The lowest BCUT2D eigenvalue weighted by atomic mass is 9.46. The largest absolute Gasteiger partial charge is 0.445 e. The van der Waals surface area contributed by atoms with E-state index in [1.54, 1.807) is 4.90 Å². The fraction of sp³-hybridized carbons (Fsp3) is 0.654. The number of amides is 2. The summed E-state index contributed by atoms with van der Waals surface area (Å²) in [7, 11) is 0. The van der Waals surface area contributed by atoms with Crippen LogP contribution in [0.3, 0.4) is 0 Å². The van der Waals surface area contributed by atoms with Crippen molar-refractivity contribution >= 4 is 12.0 Å². The molecule has 2 amide bonds. The molecule has 7 nitrogen and oxygen atoms in total. The highest BCUT2D eigenvalue weighted by atomic mass is 16.5. The maximum atomic E-state index is 14.0. The van der Waals surface area contributed by atoms with E-state index < -0.39 is 29.2 Å². The minimum atomic E-state index is -0.770. The van der Waals surface area contributed by atoms with Crippen LogP contribution in [0.4, 0.5) is 4.79 Å². The van der Waals surface area contributed by atoms with Crippen molar-refractivity contribution < 1.29 is 19.4 Å². The summed E-state index contributed by atoms with van der Waals surface area (Å²) in [6.07, 6.45) is 5.93. The van der Waals surface area contributed by atoms with Crippen LogP contribution in [0.15, 0.2) is 30.3 Å². The van der Waals surface area contributed by atoms with Crippen LogP contribution < -0.4 is 5.32 Å². The second kappa shape index (κ2) is 7.46. The monoisotopic (exact) mass is 449 g/mol. The van der Waals surface area contributed by atoms with Crippen molar-refractivity contribution in [1.29, 1.82) is 5.26 Å². The average molecular weight is 450 g/mol. The van der Waals surface area contributed by atoms with Crippen molar-refractivity contribution in [3.05, 3.63) is 35.9 Å². The Morgan fingerprint density at radius 1 is 1.15 bits per heavy atom. The predicted octanol–water partition coefficient (Wildman–Crippen LogP) is 3.13. The molecule has 4 bridgehead atoms. The molecule has 8 atom stereocenters. The number of aliphatic hydroxyl groups is 1. The van der Waals surface area contributed by atoms with E-state index in [1.165, 1.54) is 0 Å². The lowest BCUT2D eigenvalue weighted by molar-refractivity contribution is -0.180. The van der Waals surface area contributed by atoms with E-state index in [-0.39, 0.29) is 18.6 Å². The molecule has 7 heteroatoms. The molecule has 1 aromatic carbocycles. The molecule has 0 radical (unpaired) electrons. The van der Waals surface area contributed by atoms with Crippen molar-refractivity contribution in [2.45, 2.75) is 81.7 Å². The number of carbonyl (C=O) groups is 2. The van der Waals surface area contributed by atoms with Crippen LogP contribution in [-0.2, 0) is 16.1 Å². The number of hydrogen-bond donors (Lipinski definition) is 2. The third-order valence-corrected chi connectivity index (χ3v) is 8.92. The molecule has 1 heterocycles. The topological polar surface area (TPSA) is 103 Å². The van der Waals surface area contributed by atoms with Gasteiger partial charge in [-0.05, 0) is 74.7 Å². The minimum Gasteiger partial charge on any atom is -0.445 e. The molecule has 0 aromatic heterocycles. The van der Waals surface area contributed by atoms with Gasteiger partial charge in [-0.25, -0.2) is 4.79 Å². The van der Waals surface area contributed by atoms with Gasteiger partial charge in [0.05, 0.1) is 11.7 Å². The number of alkyl carbamates (subject to hydrolysis) is 1. The Hall–Kier alpha value is -2.59. The van der Waals surface area contributed by atoms with Gasteiger partial charge in [-0.3, -0.25) is 4.79 Å². The SMILES string of the molecule is N#C[C@H]1C[C@H]2C[C@H]2N1C(=O)[C@H](NC(=O)OCc1ccccc1)C12C[C@@H]3C[C@@H](CC(O)(C3)C1)C2. The van der Waals surface area contributed by atoms with Crippen LogP contribution in [0, 0.1) is 34.5 Å². The molecule has 1 aliphatic heterocycles. The van der Waals surface area contributed by atoms with E-state index in [4.69, 9.17) is 4.74 Å². The molecule has 6 aliphatic rings. The molecule has 5 aliphatic carbocycles. The summed E-state index contributed by atoms with van der Waals surface area (Å²) >= 11 is 0.